The molecule has 0 radical (unpaired) electrons. The summed E-state index contributed by atoms with van der Waals surface area (Å²) >= 11 is 1.86. The number of hydrogen-bond donors (Lipinski definition) is 0. The molecular formula is C54H37NS. The van der Waals surface area contributed by atoms with Crippen LogP contribution in [0.25, 0.3) is 64.3 Å². The lowest BCUT2D eigenvalue weighted by atomic mass is 9.74. The molecule has 2 heteroatoms. The molecule has 11 rings (SSSR count). The predicted molar refractivity (Wildman–Crippen MR) is 240 cm³/mol. The highest BCUT2D eigenvalue weighted by Crippen LogP contribution is 2.54. The first kappa shape index (κ1) is 32.7. The Hall–Kier alpha value is -6.74. The number of rotatable bonds is 6. The van der Waals surface area contributed by atoms with Crippen molar-refractivity contribution in [2.75, 3.05) is 4.90 Å². The van der Waals surface area contributed by atoms with Gasteiger partial charge in [-0.3, -0.25) is 0 Å². The van der Waals surface area contributed by atoms with E-state index in [0.717, 1.165) is 17.1 Å². The van der Waals surface area contributed by atoms with Crippen LogP contribution >= 0.6 is 11.3 Å². The molecule has 264 valence electrons. The highest BCUT2D eigenvalue weighted by molar-refractivity contribution is 7.25. The molecule has 0 aliphatic heterocycles. The molecule has 0 amide bonds. The number of nitrogens with zero attached hydrogens (tertiary/aromatic N) is 1. The molecule has 0 fully saturated rings. The fourth-order valence-corrected chi connectivity index (χ4v) is 10.1. The molecule has 0 bridgehead atoms. The quantitative estimate of drug-likeness (QED) is 0.165. The van der Waals surface area contributed by atoms with Crippen LogP contribution in [0, 0.1) is 0 Å². The minimum atomic E-state index is -0.296. The minimum absolute atomic E-state index is 0.296. The van der Waals surface area contributed by atoms with E-state index in [2.05, 4.69) is 218 Å². The molecule has 1 aliphatic rings. The van der Waals surface area contributed by atoms with Crippen LogP contribution in [0.2, 0.25) is 0 Å². The summed E-state index contributed by atoms with van der Waals surface area (Å²) in [5.74, 6) is 0. The van der Waals surface area contributed by atoms with E-state index in [0.29, 0.717) is 0 Å². The average molecular weight is 732 g/mol. The molecule has 9 aromatic carbocycles. The second kappa shape index (κ2) is 12.9. The van der Waals surface area contributed by atoms with Crippen LogP contribution in [0.15, 0.2) is 206 Å². The normalized spacial score (nSPS) is 14.6. The van der Waals surface area contributed by atoms with Gasteiger partial charge in [0.15, 0.2) is 0 Å². The summed E-state index contributed by atoms with van der Waals surface area (Å²) in [7, 11) is 0. The van der Waals surface area contributed by atoms with Crippen molar-refractivity contribution in [3.63, 3.8) is 0 Å². The second-order valence-electron chi connectivity index (χ2n) is 15.1. The van der Waals surface area contributed by atoms with E-state index in [1.165, 1.54) is 81.0 Å². The van der Waals surface area contributed by atoms with Gasteiger partial charge in [-0.2, -0.15) is 0 Å². The number of fused-ring (bicyclic) bond motifs is 7. The van der Waals surface area contributed by atoms with Crippen LogP contribution in [0.4, 0.5) is 17.1 Å². The first-order valence-electron chi connectivity index (χ1n) is 19.3. The molecule has 1 aliphatic carbocycles. The number of benzene rings is 9. The fourth-order valence-electron chi connectivity index (χ4n) is 9.05. The number of hydrogen-bond acceptors (Lipinski definition) is 2. The van der Waals surface area contributed by atoms with Crippen LogP contribution < -0.4 is 4.90 Å². The van der Waals surface area contributed by atoms with Crippen molar-refractivity contribution in [2.45, 2.75) is 12.3 Å². The van der Waals surface area contributed by atoms with Gasteiger partial charge in [0, 0.05) is 42.6 Å². The van der Waals surface area contributed by atoms with Crippen LogP contribution in [-0.2, 0) is 5.41 Å². The van der Waals surface area contributed by atoms with Gasteiger partial charge < -0.3 is 4.90 Å². The first-order valence-corrected chi connectivity index (χ1v) is 20.1. The molecule has 1 heterocycles. The fraction of sp³-hybridized carbons (Fsp3) is 0.0370. The summed E-state index contributed by atoms with van der Waals surface area (Å²) in [5, 5.41) is 5.14. The zero-order valence-electron chi connectivity index (χ0n) is 31.0. The SMILES string of the molecule is CC1(c2ccccc2)c2ccccc2-c2ccc(N(c3ccc(-c4ccc5ccccc5c4)cc3)c3cccc(-c4ccc5sc6ccccc6c5c4)c3)cc21. The highest BCUT2D eigenvalue weighted by Gasteiger charge is 2.41. The molecular weight excluding hydrogens is 695 g/mol. The van der Waals surface area contributed by atoms with Gasteiger partial charge >= 0.3 is 0 Å². The lowest BCUT2D eigenvalue weighted by Gasteiger charge is -2.31. The zero-order valence-corrected chi connectivity index (χ0v) is 31.8. The Balaban J connectivity index is 1.07. The molecule has 0 spiro atoms. The van der Waals surface area contributed by atoms with Gasteiger partial charge in [-0.05, 0) is 128 Å². The van der Waals surface area contributed by atoms with E-state index in [4.69, 9.17) is 0 Å². The topological polar surface area (TPSA) is 3.24 Å². The van der Waals surface area contributed by atoms with Gasteiger partial charge in [0.1, 0.15) is 0 Å². The predicted octanol–water partition coefficient (Wildman–Crippen LogP) is 15.3. The molecule has 0 saturated carbocycles. The molecule has 1 nitrogen and oxygen atoms in total. The summed E-state index contributed by atoms with van der Waals surface area (Å²) in [6.45, 7) is 2.39. The lowest BCUT2D eigenvalue weighted by Crippen LogP contribution is -2.22. The third-order valence-corrected chi connectivity index (χ3v) is 13.1. The molecule has 0 saturated heterocycles. The Bertz CT molecular complexity index is 3100. The Morgan fingerprint density at radius 2 is 1.02 bits per heavy atom. The standard InChI is InChI=1S/C54H37NS/c1-54(42-15-3-2-4-16-42)50-20-9-7-18-46(50)47-30-29-45(35-51(47)54)55(43-27-24-37(25-28-43)40-23-22-36-12-5-6-13-38(36)32-40)44-17-11-14-39(33-44)41-26-31-53-49(34-41)48-19-8-10-21-52(48)56-53/h2-35H,1H3. The summed E-state index contributed by atoms with van der Waals surface area (Å²) < 4.78 is 2.65. The van der Waals surface area contributed by atoms with Crippen molar-refractivity contribution in [1.29, 1.82) is 0 Å². The average Bonchev–Trinajstić information content (AvgIpc) is 3.77. The maximum Gasteiger partial charge on any atom is 0.0467 e. The van der Waals surface area contributed by atoms with Crippen molar-refractivity contribution < 1.29 is 0 Å². The first-order chi connectivity index (χ1) is 27.6. The molecule has 1 atom stereocenters. The van der Waals surface area contributed by atoms with Crippen LogP contribution in [0.5, 0.6) is 0 Å². The van der Waals surface area contributed by atoms with Crippen LogP contribution in [0.1, 0.15) is 23.6 Å². The zero-order chi connectivity index (χ0) is 37.2. The smallest absolute Gasteiger partial charge is 0.0467 e. The Morgan fingerprint density at radius 3 is 1.91 bits per heavy atom. The molecule has 0 N–H and O–H groups in total. The maximum atomic E-state index is 2.44. The Kier molecular flexibility index (Phi) is 7.55. The summed E-state index contributed by atoms with van der Waals surface area (Å²) in [6.07, 6.45) is 0. The van der Waals surface area contributed by atoms with Gasteiger partial charge in [-0.15, -0.1) is 11.3 Å². The highest BCUT2D eigenvalue weighted by atomic mass is 32.1. The number of anilines is 3. The van der Waals surface area contributed by atoms with E-state index in [9.17, 15) is 0 Å². The van der Waals surface area contributed by atoms with Gasteiger partial charge in [-0.1, -0.05) is 146 Å². The molecule has 1 unspecified atom stereocenters. The van der Waals surface area contributed by atoms with E-state index in [1.807, 2.05) is 11.3 Å². The Labute approximate surface area is 331 Å². The molecule has 10 aromatic rings. The summed E-state index contributed by atoms with van der Waals surface area (Å²) in [4.78, 5) is 2.43. The lowest BCUT2D eigenvalue weighted by molar-refractivity contribution is 0.714. The Morgan fingerprint density at radius 1 is 0.375 bits per heavy atom. The second-order valence-corrected chi connectivity index (χ2v) is 16.2. The van der Waals surface area contributed by atoms with Crippen molar-refractivity contribution in [1.82, 2.24) is 0 Å². The number of thiophene rings is 1. The molecule has 1 aromatic heterocycles. The molecule has 56 heavy (non-hydrogen) atoms. The van der Waals surface area contributed by atoms with Crippen LogP contribution in [-0.4, -0.2) is 0 Å². The van der Waals surface area contributed by atoms with E-state index >= 15 is 0 Å². The monoisotopic (exact) mass is 731 g/mol. The van der Waals surface area contributed by atoms with E-state index in [-0.39, 0.29) is 5.41 Å². The summed E-state index contributed by atoms with van der Waals surface area (Å²) in [5.41, 5.74) is 14.5. The van der Waals surface area contributed by atoms with E-state index < -0.39 is 0 Å². The summed E-state index contributed by atoms with van der Waals surface area (Å²) in [6, 6.07) is 76.1. The van der Waals surface area contributed by atoms with Crippen molar-refractivity contribution in [2.24, 2.45) is 0 Å². The van der Waals surface area contributed by atoms with Crippen molar-refractivity contribution in [3.8, 4) is 33.4 Å². The van der Waals surface area contributed by atoms with E-state index in [1.54, 1.807) is 0 Å². The van der Waals surface area contributed by atoms with Gasteiger partial charge in [0.05, 0.1) is 0 Å². The van der Waals surface area contributed by atoms with Crippen molar-refractivity contribution in [3.05, 3.63) is 223 Å². The van der Waals surface area contributed by atoms with Gasteiger partial charge in [-0.25, -0.2) is 0 Å². The van der Waals surface area contributed by atoms with Gasteiger partial charge in [0.2, 0.25) is 0 Å². The minimum Gasteiger partial charge on any atom is -0.310 e. The third kappa shape index (κ3) is 5.21. The van der Waals surface area contributed by atoms with Gasteiger partial charge in [0.25, 0.3) is 0 Å². The maximum absolute atomic E-state index is 2.44. The van der Waals surface area contributed by atoms with Crippen molar-refractivity contribution >= 4 is 59.3 Å². The third-order valence-electron chi connectivity index (χ3n) is 11.9. The van der Waals surface area contributed by atoms with Crippen LogP contribution in [0.3, 0.4) is 0 Å². The largest absolute Gasteiger partial charge is 0.310 e.